The molecule has 30 heavy (non-hydrogen) atoms. The number of aliphatic hydroxyl groups excluding tert-OH is 1. The Morgan fingerprint density at radius 3 is 2.50 bits per heavy atom. The molecule has 0 fully saturated rings. The summed E-state index contributed by atoms with van der Waals surface area (Å²) in [6, 6.07) is 18.0. The Morgan fingerprint density at radius 1 is 1.10 bits per heavy atom. The van der Waals surface area contributed by atoms with Gasteiger partial charge in [0.05, 0.1) is 13.2 Å². The highest BCUT2D eigenvalue weighted by Gasteiger charge is 2.11. The number of oxazole rings is 1. The first-order valence-electron chi connectivity index (χ1n) is 9.89. The van der Waals surface area contributed by atoms with E-state index in [9.17, 15) is 5.11 Å². The van der Waals surface area contributed by atoms with Crippen LogP contribution in [-0.2, 0) is 6.54 Å². The van der Waals surface area contributed by atoms with Crippen LogP contribution in [0.4, 0.5) is 0 Å². The number of rotatable bonds is 8. The van der Waals surface area contributed by atoms with Gasteiger partial charge < -0.3 is 20.2 Å². The Balaban J connectivity index is 0.00000320. The molecule has 0 amide bonds. The van der Waals surface area contributed by atoms with Crippen molar-refractivity contribution in [1.29, 1.82) is 0 Å². The average Bonchev–Trinajstić information content (AvgIpc) is 3.22. The molecule has 1 atom stereocenters. The van der Waals surface area contributed by atoms with Crippen molar-refractivity contribution in [2.45, 2.75) is 26.3 Å². The Labute approximate surface area is 194 Å². The Hall–Kier alpha value is -2.39. The van der Waals surface area contributed by atoms with Gasteiger partial charge >= 0.3 is 0 Å². The van der Waals surface area contributed by atoms with Gasteiger partial charge in [0.1, 0.15) is 12.0 Å². The lowest BCUT2D eigenvalue weighted by Crippen LogP contribution is -2.39. The van der Waals surface area contributed by atoms with Crippen molar-refractivity contribution < 1.29 is 9.52 Å². The molecule has 1 heterocycles. The zero-order valence-electron chi connectivity index (χ0n) is 17.3. The van der Waals surface area contributed by atoms with E-state index in [1.165, 1.54) is 5.56 Å². The Bertz CT molecular complexity index is 910. The first-order valence-corrected chi connectivity index (χ1v) is 9.89. The highest BCUT2D eigenvalue weighted by Crippen LogP contribution is 2.19. The van der Waals surface area contributed by atoms with E-state index < -0.39 is 0 Å². The van der Waals surface area contributed by atoms with Crippen molar-refractivity contribution in [1.82, 2.24) is 15.6 Å². The number of aliphatic hydroxyl groups is 1. The van der Waals surface area contributed by atoms with Crippen LogP contribution in [-0.4, -0.2) is 35.7 Å². The average molecular weight is 520 g/mol. The molecule has 160 valence electrons. The predicted molar refractivity (Wildman–Crippen MR) is 131 cm³/mol. The van der Waals surface area contributed by atoms with Gasteiger partial charge in [0.2, 0.25) is 5.89 Å². The summed E-state index contributed by atoms with van der Waals surface area (Å²) in [7, 11) is 0. The molecule has 0 aliphatic rings. The number of benzene rings is 2. The Morgan fingerprint density at radius 2 is 1.83 bits per heavy atom. The summed E-state index contributed by atoms with van der Waals surface area (Å²) in [6.45, 7) is 5.87. The van der Waals surface area contributed by atoms with Crippen molar-refractivity contribution in [3.05, 3.63) is 77.7 Å². The maximum atomic E-state index is 9.74. The topological polar surface area (TPSA) is 82.7 Å². The zero-order valence-corrected chi connectivity index (χ0v) is 19.7. The largest absolute Gasteiger partial charge is 0.444 e. The van der Waals surface area contributed by atoms with Crippen molar-refractivity contribution in [3.63, 3.8) is 0 Å². The third-order valence-corrected chi connectivity index (χ3v) is 4.60. The van der Waals surface area contributed by atoms with Gasteiger partial charge in [-0.3, -0.25) is 0 Å². The molecular weight excluding hydrogens is 491 g/mol. The number of nitrogens with one attached hydrogen (secondary N) is 2. The van der Waals surface area contributed by atoms with Crippen LogP contribution in [0.2, 0.25) is 0 Å². The molecule has 0 spiro atoms. The number of aromatic nitrogens is 1. The third kappa shape index (κ3) is 6.84. The van der Waals surface area contributed by atoms with Crippen molar-refractivity contribution in [3.8, 4) is 11.5 Å². The molecule has 7 heteroatoms. The molecule has 1 unspecified atom stereocenters. The summed E-state index contributed by atoms with van der Waals surface area (Å²) in [5, 5.41) is 16.3. The maximum absolute atomic E-state index is 9.74. The highest BCUT2D eigenvalue weighted by molar-refractivity contribution is 14.0. The van der Waals surface area contributed by atoms with E-state index in [0.29, 0.717) is 24.9 Å². The summed E-state index contributed by atoms with van der Waals surface area (Å²) in [5.74, 6) is 1.28. The molecule has 3 N–H and O–H groups in total. The van der Waals surface area contributed by atoms with Gasteiger partial charge in [0, 0.05) is 24.6 Å². The van der Waals surface area contributed by atoms with Gasteiger partial charge in [-0.1, -0.05) is 48.0 Å². The quantitative estimate of drug-likeness (QED) is 0.237. The fourth-order valence-electron chi connectivity index (χ4n) is 2.94. The molecule has 6 nitrogen and oxygen atoms in total. The van der Waals surface area contributed by atoms with E-state index in [-0.39, 0.29) is 36.5 Å². The first kappa shape index (κ1) is 23.9. The number of aryl methyl sites for hydroxylation is 1. The number of halogens is 1. The van der Waals surface area contributed by atoms with Crippen molar-refractivity contribution >= 4 is 29.9 Å². The summed E-state index contributed by atoms with van der Waals surface area (Å²) in [4.78, 5) is 9.13. The molecule has 0 radical (unpaired) electrons. The number of aliphatic imine (C=N–C) groups is 1. The van der Waals surface area contributed by atoms with Gasteiger partial charge in [-0.25, -0.2) is 9.98 Å². The second-order valence-electron chi connectivity index (χ2n) is 6.88. The second kappa shape index (κ2) is 12.3. The molecule has 2 aromatic carbocycles. The monoisotopic (exact) mass is 520 g/mol. The van der Waals surface area contributed by atoms with Crippen LogP contribution in [0.1, 0.15) is 29.7 Å². The van der Waals surface area contributed by atoms with Gasteiger partial charge in [-0.15, -0.1) is 24.0 Å². The first-order chi connectivity index (χ1) is 14.2. The third-order valence-electron chi connectivity index (χ3n) is 4.60. The standard InChI is InChI=1S/C23H28N4O2.HI/c1-3-24-23(25-13-20(15-28)18-7-5-4-6-8-18)26-14-21-16-29-22(27-21)19-11-9-17(2)10-12-19;/h4-12,16,20,28H,3,13-15H2,1-2H3,(H2,24,25,26);1H. The van der Waals surface area contributed by atoms with Gasteiger partial charge in [-0.2, -0.15) is 0 Å². The van der Waals surface area contributed by atoms with Crippen molar-refractivity contribution in [2.75, 3.05) is 19.7 Å². The molecule has 0 aliphatic heterocycles. The van der Waals surface area contributed by atoms with Gasteiger partial charge in [0.15, 0.2) is 5.96 Å². The molecule has 3 aromatic rings. The van der Waals surface area contributed by atoms with E-state index in [2.05, 4.69) is 20.6 Å². The van der Waals surface area contributed by atoms with E-state index in [1.54, 1.807) is 6.26 Å². The normalized spacial score (nSPS) is 12.2. The fourth-order valence-corrected chi connectivity index (χ4v) is 2.94. The number of guanidine groups is 1. The van der Waals surface area contributed by atoms with Crippen molar-refractivity contribution in [2.24, 2.45) is 4.99 Å². The van der Waals surface area contributed by atoms with Crippen LogP contribution in [0.3, 0.4) is 0 Å². The van der Waals surface area contributed by atoms with Crippen LogP contribution in [0.5, 0.6) is 0 Å². The molecule has 0 aliphatic carbocycles. The van der Waals surface area contributed by atoms with Crippen LogP contribution in [0.15, 0.2) is 70.3 Å². The van der Waals surface area contributed by atoms with Crippen LogP contribution >= 0.6 is 24.0 Å². The predicted octanol–water partition coefficient (Wildman–Crippen LogP) is 4.10. The molecular formula is C23H29IN4O2. The van der Waals surface area contributed by atoms with Gasteiger partial charge in [0.25, 0.3) is 0 Å². The second-order valence-corrected chi connectivity index (χ2v) is 6.88. The highest BCUT2D eigenvalue weighted by atomic mass is 127. The molecule has 0 saturated carbocycles. The lowest BCUT2D eigenvalue weighted by atomic mass is 10.0. The van der Waals surface area contributed by atoms with Crippen LogP contribution < -0.4 is 10.6 Å². The number of hydrogen-bond donors (Lipinski definition) is 3. The molecule has 0 saturated heterocycles. The molecule has 0 bridgehead atoms. The van der Waals surface area contributed by atoms with E-state index in [4.69, 9.17) is 4.42 Å². The smallest absolute Gasteiger partial charge is 0.226 e. The van der Waals surface area contributed by atoms with E-state index >= 15 is 0 Å². The minimum absolute atomic E-state index is 0. The summed E-state index contributed by atoms with van der Waals surface area (Å²) in [5.41, 5.74) is 4.00. The maximum Gasteiger partial charge on any atom is 0.226 e. The minimum Gasteiger partial charge on any atom is -0.444 e. The lowest BCUT2D eigenvalue weighted by Gasteiger charge is -2.17. The van der Waals surface area contributed by atoms with Crippen LogP contribution in [0, 0.1) is 6.92 Å². The minimum atomic E-state index is 0. The molecule has 3 rings (SSSR count). The van der Waals surface area contributed by atoms with E-state index in [1.807, 2.05) is 68.4 Å². The number of hydrogen-bond acceptors (Lipinski definition) is 4. The Kier molecular flexibility index (Phi) is 9.82. The van der Waals surface area contributed by atoms with Crippen LogP contribution in [0.25, 0.3) is 11.5 Å². The van der Waals surface area contributed by atoms with E-state index in [0.717, 1.165) is 23.4 Å². The zero-order chi connectivity index (χ0) is 20.5. The summed E-state index contributed by atoms with van der Waals surface area (Å²) in [6.07, 6.45) is 1.64. The molecule has 1 aromatic heterocycles. The SMILES string of the molecule is CCNC(=NCc1coc(-c2ccc(C)cc2)n1)NCC(CO)c1ccccc1.I. The number of nitrogens with zero attached hydrogens (tertiary/aromatic N) is 2. The lowest BCUT2D eigenvalue weighted by molar-refractivity contribution is 0.265. The summed E-state index contributed by atoms with van der Waals surface area (Å²) >= 11 is 0. The fraction of sp³-hybridized carbons (Fsp3) is 0.304. The van der Waals surface area contributed by atoms with Gasteiger partial charge in [-0.05, 0) is 31.5 Å². The summed E-state index contributed by atoms with van der Waals surface area (Å²) < 4.78 is 5.60.